The molecule has 1 rings (SSSR count). The van der Waals surface area contributed by atoms with Crippen molar-refractivity contribution < 1.29 is 24.5 Å². The summed E-state index contributed by atoms with van der Waals surface area (Å²) < 4.78 is 13.5. The van der Waals surface area contributed by atoms with E-state index in [4.69, 9.17) is 10.2 Å². The predicted molar refractivity (Wildman–Crippen MR) is 65.7 cm³/mol. The van der Waals surface area contributed by atoms with Crippen molar-refractivity contribution in [1.82, 2.24) is 4.90 Å². The van der Waals surface area contributed by atoms with Gasteiger partial charge in [0.2, 0.25) is 0 Å². The van der Waals surface area contributed by atoms with Crippen LogP contribution in [-0.4, -0.2) is 46.0 Å². The first-order valence-electron chi connectivity index (χ1n) is 5.17. The van der Waals surface area contributed by atoms with E-state index in [1.807, 2.05) is 0 Å². The van der Waals surface area contributed by atoms with E-state index in [1.54, 1.807) is 0 Å². The maximum absolute atomic E-state index is 13.3. The van der Waals surface area contributed by atoms with Crippen LogP contribution < -0.4 is 0 Å². The van der Waals surface area contributed by atoms with Crippen LogP contribution in [0.4, 0.5) is 9.18 Å². The lowest BCUT2D eigenvalue weighted by molar-refractivity contribution is 0.0871. The van der Waals surface area contributed by atoms with Crippen molar-refractivity contribution in [3.05, 3.63) is 34.1 Å². The molecule has 1 amide bonds. The van der Waals surface area contributed by atoms with Crippen molar-refractivity contribution in [2.45, 2.75) is 6.10 Å². The van der Waals surface area contributed by atoms with Crippen molar-refractivity contribution in [1.29, 1.82) is 0 Å². The van der Waals surface area contributed by atoms with Gasteiger partial charge in [-0.25, -0.2) is 9.18 Å². The first kappa shape index (κ1) is 14.9. The van der Waals surface area contributed by atoms with Crippen molar-refractivity contribution >= 4 is 22.0 Å². The standard InChI is InChI=1S/C11H13BrFNO4/c12-8-2-1-7(5-9(8)13)10(16)6-14(3-4-15)11(17)18/h1-2,5,10,15-16H,3-4,6H2,(H,17,18). The van der Waals surface area contributed by atoms with Gasteiger partial charge in [-0.2, -0.15) is 0 Å². The average molecular weight is 322 g/mol. The van der Waals surface area contributed by atoms with Gasteiger partial charge in [-0.05, 0) is 33.6 Å². The van der Waals surface area contributed by atoms with E-state index in [1.165, 1.54) is 12.1 Å². The zero-order valence-electron chi connectivity index (χ0n) is 9.38. The van der Waals surface area contributed by atoms with Gasteiger partial charge in [0.25, 0.3) is 0 Å². The summed E-state index contributed by atoms with van der Waals surface area (Å²) in [5.41, 5.74) is 0.278. The van der Waals surface area contributed by atoms with Crippen LogP contribution in [0.25, 0.3) is 0 Å². The summed E-state index contributed by atoms with van der Waals surface area (Å²) in [6.45, 7) is -0.671. The second-order valence-electron chi connectivity index (χ2n) is 3.64. The molecule has 0 bridgehead atoms. The van der Waals surface area contributed by atoms with Gasteiger partial charge in [0.15, 0.2) is 0 Å². The Labute approximate surface area is 112 Å². The Morgan fingerprint density at radius 2 is 2.17 bits per heavy atom. The topological polar surface area (TPSA) is 81.0 Å². The molecule has 0 aliphatic heterocycles. The Morgan fingerprint density at radius 1 is 1.50 bits per heavy atom. The lowest BCUT2D eigenvalue weighted by Crippen LogP contribution is -2.35. The minimum atomic E-state index is -1.25. The van der Waals surface area contributed by atoms with Crippen LogP contribution in [-0.2, 0) is 0 Å². The maximum Gasteiger partial charge on any atom is 0.407 e. The molecule has 0 aliphatic rings. The highest BCUT2D eigenvalue weighted by atomic mass is 79.9. The number of aliphatic hydroxyl groups is 2. The van der Waals surface area contributed by atoms with E-state index in [2.05, 4.69) is 15.9 Å². The molecule has 100 valence electrons. The van der Waals surface area contributed by atoms with Crippen LogP contribution in [0.15, 0.2) is 22.7 Å². The number of carboxylic acid groups (broad SMARTS) is 1. The molecule has 0 saturated heterocycles. The quantitative estimate of drug-likeness (QED) is 0.769. The second kappa shape index (κ2) is 6.67. The highest BCUT2D eigenvalue weighted by Gasteiger charge is 2.18. The van der Waals surface area contributed by atoms with E-state index in [-0.39, 0.29) is 29.7 Å². The van der Waals surface area contributed by atoms with Gasteiger partial charge in [0.05, 0.1) is 23.7 Å². The minimum Gasteiger partial charge on any atom is -0.465 e. The van der Waals surface area contributed by atoms with Crippen molar-refractivity contribution in [3.63, 3.8) is 0 Å². The molecule has 0 saturated carbocycles. The molecular formula is C11H13BrFNO4. The van der Waals surface area contributed by atoms with Gasteiger partial charge >= 0.3 is 6.09 Å². The third-order valence-electron chi connectivity index (χ3n) is 2.36. The van der Waals surface area contributed by atoms with Crippen molar-refractivity contribution in [2.24, 2.45) is 0 Å². The van der Waals surface area contributed by atoms with E-state index in [9.17, 15) is 14.3 Å². The third-order valence-corrected chi connectivity index (χ3v) is 3.01. The summed E-state index contributed by atoms with van der Waals surface area (Å²) in [4.78, 5) is 11.7. The third kappa shape index (κ3) is 3.94. The van der Waals surface area contributed by atoms with Crippen LogP contribution in [0.2, 0.25) is 0 Å². The first-order valence-corrected chi connectivity index (χ1v) is 5.96. The first-order chi connectivity index (χ1) is 8.45. The molecule has 1 aromatic carbocycles. The molecule has 0 aliphatic carbocycles. The Kier molecular flexibility index (Phi) is 5.52. The molecule has 7 heteroatoms. The molecule has 1 unspecified atom stereocenters. The normalized spacial score (nSPS) is 12.2. The van der Waals surface area contributed by atoms with Gasteiger partial charge in [-0.1, -0.05) is 6.07 Å². The summed E-state index contributed by atoms with van der Waals surface area (Å²) in [7, 11) is 0. The largest absolute Gasteiger partial charge is 0.465 e. The van der Waals surface area contributed by atoms with Crippen molar-refractivity contribution in [3.8, 4) is 0 Å². The zero-order valence-corrected chi connectivity index (χ0v) is 11.0. The lowest BCUT2D eigenvalue weighted by atomic mass is 10.1. The van der Waals surface area contributed by atoms with Crippen LogP contribution in [0.3, 0.4) is 0 Å². The number of hydrogen-bond donors (Lipinski definition) is 3. The number of hydrogen-bond acceptors (Lipinski definition) is 3. The molecule has 1 aromatic rings. The van der Waals surface area contributed by atoms with Gasteiger partial charge in [0.1, 0.15) is 5.82 Å². The predicted octanol–water partition coefficient (Wildman–Crippen LogP) is 1.59. The van der Waals surface area contributed by atoms with Gasteiger partial charge in [0, 0.05) is 6.54 Å². The fourth-order valence-corrected chi connectivity index (χ4v) is 1.67. The summed E-state index contributed by atoms with van der Waals surface area (Å²) in [6, 6.07) is 4.07. The molecule has 0 fully saturated rings. The fraction of sp³-hybridized carbons (Fsp3) is 0.364. The molecule has 0 heterocycles. The smallest absolute Gasteiger partial charge is 0.407 e. The molecular weight excluding hydrogens is 309 g/mol. The van der Waals surface area contributed by atoms with E-state index in [0.717, 1.165) is 11.0 Å². The van der Waals surface area contributed by atoms with Crippen LogP contribution >= 0.6 is 15.9 Å². The van der Waals surface area contributed by atoms with Gasteiger partial charge in [-0.3, -0.25) is 0 Å². The molecule has 0 radical (unpaired) electrons. The number of rotatable bonds is 5. The summed E-state index contributed by atoms with van der Waals surface area (Å²) >= 11 is 2.98. The number of amides is 1. The monoisotopic (exact) mass is 321 g/mol. The Bertz CT molecular complexity index is 430. The number of nitrogens with zero attached hydrogens (tertiary/aromatic N) is 1. The Balaban J connectivity index is 2.76. The second-order valence-corrected chi connectivity index (χ2v) is 4.50. The minimum absolute atomic E-state index is 0.106. The highest BCUT2D eigenvalue weighted by molar-refractivity contribution is 9.10. The van der Waals surface area contributed by atoms with E-state index >= 15 is 0 Å². The molecule has 0 aromatic heterocycles. The maximum atomic E-state index is 13.3. The molecule has 5 nitrogen and oxygen atoms in total. The zero-order chi connectivity index (χ0) is 13.7. The Hall–Kier alpha value is -1.18. The molecule has 1 atom stereocenters. The number of carbonyl (C=O) groups is 1. The Morgan fingerprint density at radius 3 is 2.67 bits per heavy atom. The fourth-order valence-electron chi connectivity index (χ4n) is 1.42. The SMILES string of the molecule is O=C(O)N(CCO)CC(O)c1ccc(Br)c(F)c1. The number of benzene rings is 1. The van der Waals surface area contributed by atoms with Crippen LogP contribution in [0, 0.1) is 5.82 Å². The lowest BCUT2D eigenvalue weighted by Gasteiger charge is -2.21. The van der Waals surface area contributed by atoms with Gasteiger partial charge in [-0.15, -0.1) is 0 Å². The average Bonchev–Trinajstić information content (AvgIpc) is 2.31. The number of aliphatic hydroxyl groups excluding tert-OH is 2. The van der Waals surface area contributed by atoms with E-state index in [0.29, 0.717) is 0 Å². The van der Waals surface area contributed by atoms with E-state index < -0.39 is 18.0 Å². The molecule has 0 spiro atoms. The van der Waals surface area contributed by atoms with Gasteiger partial charge < -0.3 is 20.2 Å². The van der Waals surface area contributed by atoms with Crippen LogP contribution in [0.5, 0.6) is 0 Å². The molecule has 3 N–H and O–H groups in total. The van der Waals surface area contributed by atoms with Crippen LogP contribution in [0.1, 0.15) is 11.7 Å². The number of halogens is 2. The highest BCUT2D eigenvalue weighted by Crippen LogP contribution is 2.21. The summed E-state index contributed by atoms with van der Waals surface area (Å²) in [5.74, 6) is -0.532. The molecule has 18 heavy (non-hydrogen) atoms. The van der Waals surface area contributed by atoms with Crippen molar-refractivity contribution in [2.75, 3.05) is 19.7 Å². The summed E-state index contributed by atoms with van der Waals surface area (Å²) in [6.07, 6.45) is -2.39. The summed E-state index contributed by atoms with van der Waals surface area (Å²) in [5, 5.41) is 27.3.